The third-order valence-corrected chi connectivity index (χ3v) is 4.41. The molecule has 0 aliphatic rings. The number of halogens is 1. The maximum atomic E-state index is 14.2. The van der Waals surface area contributed by atoms with E-state index in [-0.39, 0.29) is 5.78 Å². The van der Waals surface area contributed by atoms with Crippen molar-refractivity contribution >= 4 is 22.9 Å². The predicted molar refractivity (Wildman–Crippen MR) is 94.2 cm³/mol. The van der Waals surface area contributed by atoms with Crippen LogP contribution in [0.25, 0.3) is 10.9 Å². The van der Waals surface area contributed by atoms with Crippen molar-refractivity contribution in [2.45, 2.75) is 19.8 Å². The van der Waals surface area contributed by atoms with Crippen LogP contribution in [0.5, 0.6) is 0 Å². The van der Waals surface area contributed by atoms with Crippen molar-refractivity contribution in [2.24, 2.45) is 5.41 Å². The van der Waals surface area contributed by atoms with Gasteiger partial charge in [0.05, 0.1) is 5.52 Å². The second-order valence-corrected chi connectivity index (χ2v) is 6.36. The Morgan fingerprint density at radius 2 is 2.00 bits per heavy atom. The average Bonchev–Trinajstić information content (AvgIpc) is 3.04. The minimum absolute atomic E-state index is 0.142. The van der Waals surface area contributed by atoms with Gasteiger partial charge in [-0.1, -0.05) is 37.3 Å². The molecule has 24 heavy (non-hydrogen) atoms. The number of aromatic amines is 1. The lowest BCUT2D eigenvalue weighted by Gasteiger charge is -2.27. The van der Waals surface area contributed by atoms with E-state index < -0.39 is 11.2 Å². The zero-order valence-electron chi connectivity index (χ0n) is 13.5. The molecule has 0 spiro atoms. The van der Waals surface area contributed by atoms with Crippen molar-refractivity contribution < 1.29 is 9.18 Å². The molecule has 0 aliphatic heterocycles. The lowest BCUT2D eigenvalue weighted by Crippen LogP contribution is -2.31. The largest absolute Gasteiger partial charge is 0.359 e. The van der Waals surface area contributed by atoms with Gasteiger partial charge < -0.3 is 10.4 Å². The fraction of sp³-hybridized carbons (Fsp3) is 0.200. The van der Waals surface area contributed by atoms with E-state index in [1.807, 2.05) is 37.3 Å². The summed E-state index contributed by atoms with van der Waals surface area (Å²) in [6.45, 7) is 1.84. The van der Waals surface area contributed by atoms with Gasteiger partial charge >= 0.3 is 0 Å². The Kier molecular flexibility index (Phi) is 4.30. The first-order valence-electron chi connectivity index (χ1n) is 7.88. The second kappa shape index (κ2) is 6.40. The number of benzene rings is 2. The normalized spacial score (nSPS) is 13.6. The highest BCUT2D eigenvalue weighted by Crippen LogP contribution is 2.32. The molecular weight excluding hydrogens is 303 g/mol. The van der Waals surface area contributed by atoms with Crippen LogP contribution < -0.4 is 0 Å². The molecule has 0 aliphatic carbocycles. The first-order valence-corrected chi connectivity index (χ1v) is 7.88. The van der Waals surface area contributed by atoms with Gasteiger partial charge in [0.1, 0.15) is 5.82 Å². The Hall–Kier alpha value is -2.75. The van der Waals surface area contributed by atoms with Gasteiger partial charge in [0.25, 0.3) is 0 Å². The van der Waals surface area contributed by atoms with Gasteiger partial charge in [0, 0.05) is 22.6 Å². The molecule has 0 saturated heterocycles. The number of fused-ring (bicyclic) bond motifs is 1. The Labute approximate surface area is 140 Å². The van der Waals surface area contributed by atoms with Gasteiger partial charge in [-0.25, -0.2) is 4.39 Å². The fourth-order valence-corrected chi connectivity index (χ4v) is 3.12. The average molecular weight is 322 g/mol. The number of hydrogen-bond donors (Lipinski definition) is 2. The van der Waals surface area contributed by atoms with E-state index in [9.17, 15) is 9.18 Å². The molecular formula is C20H19FN2O. The van der Waals surface area contributed by atoms with E-state index >= 15 is 0 Å². The Morgan fingerprint density at radius 1 is 1.25 bits per heavy atom. The van der Waals surface area contributed by atoms with Crippen LogP contribution in [0.4, 0.5) is 4.39 Å². The summed E-state index contributed by atoms with van der Waals surface area (Å²) >= 11 is 0. The molecule has 0 bridgehead atoms. The van der Waals surface area contributed by atoms with Gasteiger partial charge in [-0.05, 0) is 42.8 Å². The minimum Gasteiger partial charge on any atom is -0.359 e. The topological polar surface area (TPSA) is 56.7 Å². The summed E-state index contributed by atoms with van der Waals surface area (Å²) in [5, 5.41) is 8.15. The molecule has 0 saturated carbocycles. The quantitative estimate of drug-likeness (QED) is 0.498. The van der Waals surface area contributed by atoms with Crippen LogP contribution in [0, 0.1) is 16.6 Å². The zero-order chi connectivity index (χ0) is 17.2. The summed E-state index contributed by atoms with van der Waals surface area (Å²) in [6.07, 6.45) is 3.73. The lowest BCUT2D eigenvalue weighted by molar-refractivity contribution is 0.0824. The molecule has 0 radical (unpaired) electrons. The van der Waals surface area contributed by atoms with Crippen molar-refractivity contribution in [3.8, 4) is 0 Å². The lowest BCUT2D eigenvalue weighted by atomic mass is 9.75. The van der Waals surface area contributed by atoms with Crippen molar-refractivity contribution in [2.75, 3.05) is 0 Å². The van der Waals surface area contributed by atoms with Crippen LogP contribution in [0.2, 0.25) is 0 Å². The van der Waals surface area contributed by atoms with Gasteiger partial charge in [0.2, 0.25) is 0 Å². The molecule has 3 aromatic rings. The standard InChI is InChI=1S/C20H19FN2O/c1-20(8-9-22,13-14-5-3-2-4-6-14)19(24)16-11-15-7-10-23-18(15)17(21)12-16/h2-7,9-12,22-23H,8,13H2,1H3/t20-/m0/s1. The Balaban J connectivity index is 1.99. The number of carbonyl (C=O) groups is 1. The number of H-pyrrole nitrogens is 1. The number of ketones is 1. The SMILES string of the molecule is C[C@](CC=N)(Cc1ccccc1)C(=O)c1cc(F)c2[nH]ccc2c1. The number of aromatic nitrogens is 1. The maximum Gasteiger partial charge on any atom is 0.169 e. The highest BCUT2D eigenvalue weighted by Gasteiger charge is 2.33. The van der Waals surface area contributed by atoms with Crippen molar-refractivity contribution in [3.05, 3.63) is 71.7 Å². The summed E-state index contributed by atoms with van der Waals surface area (Å²) < 4.78 is 14.2. The van der Waals surface area contributed by atoms with Crippen LogP contribution in [-0.4, -0.2) is 17.0 Å². The van der Waals surface area contributed by atoms with Crippen LogP contribution in [0.3, 0.4) is 0 Å². The van der Waals surface area contributed by atoms with Crippen LogP contribution >= 0.6 is 0 Å². The molecule has 3 rings (SSSR count). The fourth-order valence-electron chi connectivity index (χ4n) is 3.12. The number of Topliss-reactive ketones (excluding diaryl/α,β-unsaturated/α-hetero) is 1. The summed E-state index contributed by atoms with van der Waals surface area (Å²) in [7, 11) is 0. The maximum absolute atomic E-state index is 14.2. The molecule has 0 unspecified atom stereocenters. The van der Waals surface area contributed by atoms with E-state index in [0.717, 1.165) is 5.56 Å². The smallest absolute Gasteiger partial charge is 0.169 e. The van der Waals surface area contributed by atoms with Gasteiger partial charge in [-0.3, -0.25) is 4.79 Å². The molecule has 3 nitrogen and oxygen atoms in total. The second-order valence-electron chi connectivity index (χ2n) is 6.36. The van der Waals surface area contributed by atoms with E-state index in [4.69, 9.17) is 5.41 Å². The molecule has 0 fully saturated rings. The van der Waals surface area contributed by atoms with Crippen LogP contribution in [-0.2, 0) is 6.42 Å². The summed E-state index contributed by atoms with van der Waals surface area (Å²) in [4.78, 5) is 15.9. The van der Waals surface area contributed by atoms with Gasteiger partial charge in [0.15, 0.2) is 5.78 Å². The minimum atomic E-state index is -0.778. The Bertz CT molecular complexity index is 885. The number of hydrogen-bond acceptors (Lipinski definition) is 2. The highest BCUT2D eigenvalue weighted by molar-refractivity contribution is 6.04. The summed E-state index contributed by atoms with van der Waals surface area (Å²) in [5.74, 6) is -0.574. The number of nitrogens with one attached hydrogen (secondary N) is 2. The predicted octanol–water partition coefficient (Wildman–Crippen LogP) is 4.78. The van der Waals surface area contributed by atoms with Crippen LogP contribution in [0.15, 0.2) is 54.7 Å². The number of rotatable bonds is 6. The van der Waals surface area contributed by atoms with Crippen molar-refractivity contribution in [3.63, 3.8) is 0 Å². The van der Waals surface area contributed by atoms with Crippen molar-refractivity contribution in [1.29, 1.82) is 5.41 Å². The van der Waals surface area contributed by atoms with E-state index in [1.54, 1.807) is 18.3 Å². The third kappa shape index (κ3) is 3.00. The van der Waals surface area contributed by atoms with E-state index in [2.05, 4.69) is 4.98 Å². The first-order chi connectivity index (χ1) is 11.5. The third-order valence-electron chi connectivity index (χ3n) is 4.41. The monoisotopic (exact) mass is 322 g/mol. The van der Waals surface area contributed by atoms with Crippen LogP contribution in [0.1, 0.15) is 29.3 Å². The molecule has 1 atom stereocenters. The molecule has 1 aromatic heterocycles. The molecule has 2 aromatic carbocycles. The first kappa shape index (κ1) is 16.1. The summed E-state index contributed by atoms with van der Waals surface area (Å²) in [6, 6.07) is 14.5. The Morgan fingerprint density at radius 3 is 2.71 bits per heavy atom. The zero-order valence-corrected chi connectivity index (χ0v) is 13.5. The van der Waals surface area contributed by atoms with Crippen molar-refractivity contribution in [1.82, 2.24) is 4.98 Å². The summed E-state index contributed by atoms with van der Waals surface area (Å²) in [5.41, 5.74) is 1.00. The van der Waals surface area contributed by atoms with E-state index in [0.29, 0.717) is 29.3 Å². The number of carbonyl (C=O) groups excluding carboxylic acids is 1. The van der Waals surface area contributed by atoms with E-state index in [1.165, 1.54) is 12.3 Å². The molecule has 4 heteroatoms. The molecule has 122 valence electrons. The molecule has 2 N–H and O–H groups in total. The molecule has 0 amide bonds. The van der Waals surface area contributed by atoms with Gasteiger partial charge in [-0.2, -0.15) is 0 Å². The molecule has 1 heterocycles. The van der Waals surface area contributed by atoms with Gasteiger partial charge in [-0.15, -0.1) is 0 Å². The highest BCUT2D eigenvalue weighted by atomic mass is 19.1.